The first-order valence-electron chi connectivity index (χ1n) is 9.25. The number of amides is 1. The average Bonchev–Trinajstić information content (AvgIpc) is 3.14. The minimum atomic E-state index is 0.0123. The van der Waals surface area contributed by atoms with Gasteiger partial charge in [-0.05, 0) is 37.8 Å². The fourth-order valence-corrected chi connectivity index (χ4v) is 3.49. The Hall–Kier alpha value is -2.87. The molecule has 0 aliphatic rings. The predicted octanol–water partition coefficient (Wildman–Crippen LogP) is 3.23. The van der Waals surface area contributed by atoms with Crippen LogP contribution in [0, 0.1) is 13.8 Å². The normalized spacial score (nSPS) is 10.9. The molecule has 7 nitrogen and oxygen atoms in total. The molecule has 0 aliphatic heterocycles. The third-order valence-corrected chi connectivity index (χ3v) is 5.31. The second-order valence-electron chi connectivity index (χ2n) is 6.66. The Morgan fingerprint density at radius 2 is 2.00 bits per heavy atom. The highest BCUT2D eigenvalue weighted by Gasteiger charge is 2.19. The zero-order chi connectivity index (χ0) is 21.0. The summed E-state index contributed by atoms with van der Waals surface area (Å²) in [7, 11) is 1.63. The smallest absolute Gasteiger partial charge is 0.253 e. The van der Waals surface area contributed by atoms with Crippen LogP contribution in [0.4, 0.5) is 0 Å². The van der Waals surface area contributed by atoms with Crippen LogP contribution in [0.2, 0.25) is 0 Å². The van der Waals surface area contributed by atoms with E-state index in [4.69, 9.17) is 4.74 Å². The zero-order valence-corrected chi connectivity index (χ0v) is 18.0. The molecule has 1 aromatic carbocycles. The van der Waals surface area contributed by atoms with Crippen LogP contribution in [-0.4, -0.2) is 50.3 Å². The second-order valence-corrected chi connectivity index (χ2v) is 7.43. The third kappa shape index (κ3) is 4.59. The molecule has 0 atom stereocenters. The van der Waals surface area contributed by atoms with Gasteiger partial charge in [-0.2, -0.15) is 4.98 Å². The minimum Gasteiger partial charge on any atom is -0.497 e. The molecule has 0 N–H and O–H groups in total. The summed E-state index contributed by atoms with van der Waals surface area (Å²) in [6.07, 6.45) is 3.91. The van der Waals surface area contributed by atoms with Gasteiger partial charge in [0.15, 0.2) is 0 Å². The molecule has 0 aliphatic carbocycles. The highest BCUT2D eigenvalue weighted by molar-refractivity contribution is 7.98. The molecule has 0 unspecified atom stereocenters. The summed E-state index contributed by atoms with van der Waals surface area (Å²) < 4.78 is 6.91. The van der Waals surface area contributed by atoms with Gasteiger partial charge in [-0.1, -0.05) is 30.0 Å². The van der Waals surface area contributed by atoms with Crippen LogP contribution in [0.5, 0.6) is 5.75 Å². The molecule has 0 spiro atoms. The number of aromatic nitrogens is 4. The van der Waals surface area contributed by atoms with Crippen LogP contribution in [0.1, 0.15) is 22.5 Å². The van der Waals surface area contributed by atoms with Gasteiger partial charge in [0.1, 0.15) is 5.75 Å². The maximum atomic E-state index is 13.1. The lowest BCUT2D eigenvalue weighted by Gasteiger charge is -2.22. The minimum absolute atomic E-state index is 0.0123. The second kappa shape index (κ2) is 9.09. The molecule has 2 aromatic heterocycles. The SMILES string of the molecule is C=CCN(Cc1ccc(OC)cc1)C(=O)Cc1c(C)nc2nc(SC)nn2c1C. The number of methoxy groups -OCH3 is 1. The summed E-state index contributed by atoms with van der Waals surface area (Å²) in [6, 6.07) is 7.72. The number of fused-ring (bicyclic) bond motifs is 1. The van der Waals surface area contributed by atoms with E-state index in [1.54, 1.807) is 22.6 Å². The largest absolute Gasteiger partial charge is 0.497 e. The molecule has 0 radical (unpaired) electrons. The molecule has 8 heteroatoms. The highest BCUT2D eigenvalue weighted by atomic mass is 32.2. The summed E-state index contributed by atoms with van der Waals surface area (Å²) in [5.74, 6) is 1.36. The number of benzene rings is 1. The first-order valence-corrected chi connectivity index (χ1v) is 10.5. The number of carbonyl (C=O) groups is 1. The summed E-state index contributed by atoms with van der Waals surface area (Å²) in [5.41, 5.74) is 3.59. The van der Waals surface area contributed by atoms with Crippen molar-refractivity contribution in [1.82, 2.24) is 24.5 Å². The van der Waals surface area contributed by atoms with Crippen LogP contribution >= 0.6 is 11.8 Å². The van der Waals surface area contributed by atoms with Crippen molar-refractivity contribution in [1.29, 1.82) is 0 Å². The number of hydrogen-bond acceptors (Lipinski definition) is 6. The van der Waals surface area contributed by atoms with Crippen molar-refractivity contribution in [2.75, 3.05) is 19.9 Å². The van der Waals surface area contributed by atoms with E-state index in [0.29, 0.717) is 24.0 Å². The van der Waals surface area contributed by atoms with E-state index in [9.17, 15) is 4.79 Å². The van der Waals surface area contributed by atoms with Gasteiger partial charge in [0.25, 0.3) is 5.78 Å². The van der Waals surface area contributed by atoms with Crippen molar-refractivity contribution in [2.24, 2.45) is 0 Å². The lowest BCUT2D eigenvalue weighted by molar-refractivity contribution is -0.130. The van der Waals surface area contributed by atoms with Crippen LogP contribution in [-0.2, 0) is 17.8 Å². The summed E-state index contributed by atoms with van der Waals surface area (Å²) >= 11 is 1.47. The number of nitrogens with zero attached hydrogens (tertiary/aromatic N) is 5. The number of aryl methyl sites for hydroxylation is 2. The molecule has 29 heavy (non-hydrogen) atoms. The fourth-order valence-electron chi connectivity index (χ4n) is 3.16. The molecule has 2 heterocycles. The van der Waals surface area contributed by atoms with Gasteiger partial charge < -0.3 is 9.64 Å². The van der Waals surface area contributed by atoms with E-state index < -0.39 is 0 Å². The molecule has 1 amide bonds. The van der Waals surface area contributed by atoms with E-state index in [-0.39, 0.29) is 12.3 Å². The van der Waals surface area contributed by atoms with Crippen LogP contribution in [0.15, 0.2) is 42.1 Å². The molecule has 0 saturated carbocycles. The number of carbonyl (C=O) groups excluding carboxylic acids is 1. The molecular formula is C21H25N5O2S. The van der Waals surface area contributed by atoms with Crippen LogP contribution in [0.3, 0.4) is 0 Å². The Bertz CT molecular complexity index is 1030. The average molecular weight is 412 g/mol. The van der Waals surface area contributed by atoms with Gasteiger partial charge >= 0.3 is 0 Å². The first kappa shape index (κ1) is 20.9. The predicted molar refractivity (Wildman–Crippen MR) is 114 cm³/mol. The molecule has 3 rings (SSSR count). The maximum absolute atomic E-state index is 13.1. The Kier molecular flexibility index (Phi) is 6.53. The van der Waals surface area contributed by atoms with Crippen molar-refractivity contribution >= 4 is 23.4 Å². The van der Waals surface area contributed by atoms with Gasteiger partial charge in [-0.3, -0.25) is 4.79 Å². The summed E-state index contributed by atoms with van der Waals surface area (Å²) in [5, 5.41) is 5.12. The topological polar surface area (TPSA) is 72.6 Å². The summed E-state index contributed by atoms with van der Waals surface area (Å²) in [6.45, 7) is 8.63. The Morgan fingerprint density at radius 1 is 1.28 bits per heavy atom. The number of hydrogen-bond donors (Lipinski definition) is 0. The van der Waals surface area contributed by atoms with Gasteiger partial charge in [0.05, 0.1) is 13.5 Å². The number of rotatable bonds is 8. The fraction of sp³-hybridized carbons (Fsp3) is 0.333. The monoisotopic (exact) mass is 411 g/mol. The zero-order valence-electron chi connectivity index (χ0n) is 17.2. The third-order valence-electron chi connectivity index (χ3n) is 4.77. The van der Waals surface area contributed by atoms with Gasteiger partial charge in [-0.15, -0.1) is 11.7 Å². The quantitative estimate of drug-likeness (QED) is 0.419. The number of ether oxygens (including phenoxy) is 1. The van der Waals surface area contributed by atoms with Crippen molar-refractivity contribution in [3.8, 4) is 5.75 Å². The molecule has 0 bridgehead atoms. The Morgan fingerprint density at radius 3 is 2.62 bits per heavy atom. The van der Waals surface area contributed by atoms with Crippen molar-refractivity contribution in [3.63, 3.8) is 0 Å². The molecule has 3 aromatic rings. The van der Waals surface area contributed by atoms with Crippen molar-refractivity contribution in [2.45, 2.75) is 32.0 Å². The van der Waals surface area contributed by atoms with Gasteiger partial charge in [0.2, 0.25) is 11.1 Å². The maximum Gasteiger partial charge on any atom is 0.253 e. The highest BCUT2D eigenvalue weighted by Crippen LogP contribution is 2.19. The van der Waals surface area contributed by atoms with Crippen LogP contribution in [0.25, 0.3) is 5.78 Å². The van der Waals surface area contributed by atoms with E-state index >= 15 is 0 Å². The standard InChI is InChI=1S/C21H25N5O2S/c1-6-11-25(13-16-7-9-17(28-4)10-8-16)19(27)12-18-14(2)22-20-23-21(29-5)24-26(20)15(18)3/h6-10H,1,11-13H2,2-5H3. The lowest BCUT2D eigenvalue weighted by Crippen LogP contribution is -2.32. The molecular weight excluding hydrogens is 386 g/mol. The van der Waals surface area contributed by atoms with E-state index in [2.05, 4.69) is 21.6 Å². The van der Waals surface area contributed by atoms with Crippen molar-refractivity contribution < 1.29 is 9.53 Å². The van der Waals surface area contributed by atoms with E-state index in [1.165, 1.54) is 11.8 Å². The van der Waals surface area contributed by atoms with Gasteiger partial charge in [-0.25, -0.2) is 9.50 Å². The van der Waals surface area contributed by atoms with Crippen LogP contribution < -0.4 is 4.74 Å². The Balaban J connectivity index is 1.84. The first-order chi connectivity index (χ1) is 14.0. The van der Waals surface area contributed by atoms with E-state index in [0.717, 1.165) is 28.3 Å². The molecule has 152 valence electrons. The lowest BCUT2D eigenvalue weighted by atomic mass is 10.1. The van der Waals surface area contributed by atoms with E-state index in [1.807, 2.05) is 44.4 Å². The van der Waals surface area contributed by atoms with Gasteiger partial charge in [0, 0.05) is 30.0 Å². The molecule has 0 saturated heterocycles. The Labute approximate surface area is 174 Å². The molecule has 0 fully saturated rings. The van der Waals surface area contributed by atoms with Crippen molar-refractivity contribution in [3.05, 3.63) is 59.4 Å². The summed E-state index contributed by atoms with van der Waals surface area (Å²) in [4.78, 5) is 23.8. The number of thioether (sulfide) groups is 1.